The van der Waals surface area contributed by atoms with Gasteiger partial charge in [0, 0.05) is 18.8 Å². The molecule has 11 heteroatoms. The minimum absolute atomic E-state index is 0.0675. The maximum Gasteiger partial charge on any atom is 0.325 e. The lowest BCUT2D eigenvalue weighted by Crippen LogP contribution is -2.46. The molecule has 2 heterocycles. The Morgan fingerprint density at radius 2 is 1.90 bits per heavy atom. The van der Waals surface area contributed by atoms with E-state index in [1.165, 1.54) is 22.5 Å². The Bertz CT molecular complexity index is 1040. The quantitative estimate of drug-likeness (QED) is 0.621. The van der Waals surface area contributed by atoms with Crippen molar-refractivity contribution in [1.82, 2.24) is 14.5 Å². The van der Waals surface area contributed by atoms with Gasteiger partial charge in [-0.1, -0.05) is 18.0 Å². The van der Waals surface area contributed by atoms with Gasteiger partial charge in [0.05, 0.1) is 5.02 Å². The van der Waals surface area contributed by atoms with Crippen molar-refractivity contribution in [3.63, 3.8) is 0 Å². The van der Waals surface area contributed by atoms with Gasteiger partial charge >= 0.3 is 6.03 Å². The number of halogens is 1. The molecule has 1 aromatic rings. The van der Waals surface area contributed by atoms with Crippen LogP contribution in [0.1, 0.15) is 39.0 Å². The number of urea groups is 1. The second kappa shape index (κ2) is 8.07. The largest absolute Gasteiger partial charge is 0.325 e. The Morgan fingerprint density at radius 3 is 2.55 bits per heavy atom. The molecule has 3 fully saturated rings. The third-order valence-electron chi connectivity index (χ3n) is 6.14. The van der Waals surface area contributed by atoms with Crippen LogP contribution in [0.25, 0.3) is 0 Å². The first-order valence-electron chi connectivity index (χ1n) is 10.4. The summed E-state index contributed by atoms with van der Waals surface area (Å²) in [6.45, 7) is 2.09. The minimum atomic E-state index is -3.79. The fourth-order valence-electron chi connectivity index (χ4n) is 4.16. The standard InChI is InChI=1S/C20H25ClN4O5S/c1-20(13-5-6-13)18(27)25(19(28)23-20)12-17(26)22-14-7-8-15(21)16(11-14)31(29,30)24-9-3-2-4-10-24/h7-8,11,13H,2-6,9-10,12H2,1H3,(H,22,26)(H,23,28). The number of amides is 4. The summed E-state index contributed by atoms with van der Waals surface area (Å²) in [7, 11) is -3.79. The number of nitrogens with zero attached hydrogens (tertiary/aromatic N) is 2. The van der Waals surface area contributed by atoms with Crippen molar-refractivity contribution in [2.24, 2.45) is 5.92 Å². The predicted octanol–water partition coefficient (Wildman–Crippen LogP) is 2.17. The first-order chi connectivity index (χ1) is 14.6. The molecule has 1 saturated carbocycles. The number of rotatable bonds is 6. The van der Waals surface area contributed by atoms with E-state index in [1.807, 2.05) is 0 Å². The van der Waals surface area contributed by atoms with E-state index in [0.29, 0.717) is 13.1 Å². The lowest BCUT2D eigenvalue weighted by atomic mass is 9.96. The second-order valence-electron chi connectivity index (χ2n) is 8.46. The topological polar surface area (TPSA) is 116 Å². The molecule has 3 aliphatic rings. The summed E-state index contributed by atoms with van der Waals surface area (Å²) in [4.78, 5) is 38.3. The Balaban J connectivity index is 1.47. The average Bonchev–Trinajstić information content (AvgIpc) is 3.56. The molecule has 1 aromatic carbocycles. The molecule has 0 spiro atoms. The van der Waals surface area contributed by atoms with Crippen LogP contribution in [0.5, 0.6) is 0 Å². The molecule has 168 valence electrons. The molecular weight excluding hydrogens is 444 g/mol. The first kappa shape index (κ1) is 22.0. The zero-order valence-electron chi connectivity index (χ0n) is 17.2. The molecule has 2 N–H and O–H groups in total. The smallest absolute Gasteiger partial charge is 0.324 e. The van der Waals surface area contributed by atoms with Crippen molar-refractivity contribution >= 4 is 45.2 Å². The number of carbonyl (C=O) groups is 3. The molecule has 4 rings (SSSR count). The number of anilines is 1. The van der Waals surface area contributed by atoms with Crippen LogP contribution in [0.15, 0.2) is 23.1 Å². The summed E-state index contributed by atoms with van der Waals surface area (Å²) in [5.41, 5.74) is -0.741. The number of piperidine rings is 1. The van der Waals surface area contributed by atoms with E-state index in [-0.39, 0.29) is 21.5 Å². The summed E-state index contributed by atoms with van der Waals surface area (Å²) < 4.78 is 27.3. The molecular formula is C20H25ClN4O5S. The highest BCUT2D eigenvalue weighted by molar-refractivity contribution is 7.89. The third kappa shape index (κ3) is 4.16. The van der Waals surface area contributed by atoms with Crippen molar-refractivity contribution in [2.75, 3.05) is 25.0 Å². The van der Waals surface area contributed by atoms with Gasteiger partial charge in [0.1, 0.15) is 17.0 Å². The number of nitrogens with one attached hydrogen (secondary N) is 2. The van der Waals surface area contributed by atoms with Crippen LogP contribution in [0.4, 0.5) is 10.5 Å². The van der Waals surface area contributed by atoms with Crippen LogP contribution in [0.3, 0.4) is 0 Å². The molecule has 1 atom stereocenters. The van der Waals surface area contributed by atoms with Crippen molar-refractivity contribution < 1.29 is 22.8 Å². The van der Waals surface area contributed by atoms with E-state index in [0.717, 1.165) is 37.0 Å². The summed E-state index contributed by atoms with van der Waals surface area (Å²) in [6.07, 6.45) is 4.29. The summed E-state index contributed by atoms with van der Waals surface area (Å²) in [5.74, 6) is -0.928. The maximum absolute atomic E-state index is 13.0. The molecule has 0 aromatic heterocycles. The molecule has 4 amide bonds. The van der Waals surface area contributed by atoms with E-state index in [1.54, 1.807) is 6.92 Å². The van der Waals surface area contributed by atoms with Gasteiger partial charge in [0.25, 0.3) is 5.91 Å². The molecule has 2 saturated heterocycles. The number of carbonyl (C=O) groups excluding carboxylic acids is 3. The predicted molar refractivity (Wildman–Crippen MR) is 114 cm³/mol. The van der Waals surface area contributed by atoms with Gasteiger partial charge in [-0.05, 0) is 56.7 Å². The highest BCUT2D eigenvalue weighted by atomic mass is 35.5. The van der Waals surface area contributed by atoms with E-state index in [2.05, 4.69) is 10.6 Å². The van der Waals surface area contributed by atoms with E-state index in [9.17, 15) is 22.8 Å². The Hall–Kier alpha value is -2.17. The fraction of sp³-hybridized carbons (Fsp3) is 0.550. The number of hydrogen-bond acceptors (Lipinski definition) is 5. The monoisotopic (exact) mass is 468 g/mol. The van der Waals surface area contributed by atoms with Gasteiger partial charge < -0.3 is 10.6 Å². The van der Waals surface area contributed by atoms with E-state index in [4.69, 9.17) is 11.6 Å². The lowest BCUT2D eigenvalue weighted by Gasteiger charge is -2.26. The SMILES string of the molecule is CC1(C2CC2)NC(=O)N(CC(=O)Nc2ccc(Cl)c(S(=O)(=O)N3CCCCC3)c2)C1=O. The van der Waals surface area contributed by atoms with Crippen molar-refractivity contribution in [2.45, 2.75) is 49.5 Å². The van der Waals surface area contributed by atoms with E-state index < -0.39 is 40.0 Å². The van der Waals surface area contributed by atoms with Gasteiger partial charge in [-0.15, -0.1) is 0 Å². The van der Waals surface area contributed by atoms with Gasteiger partial charge in [0.15, 0.2) is 0 Å². The van der Waals surface area contributed by atoms with Crippen LogP contribution < -0.4 is 10.6 Å². The Morgan fingerprint density at radius 1 is 1.23 bits per heavy atom. The van der Waals surface area contributed by atoms with Gasteiger partial charge in [-0.2, -0.15) is 4.31 Å². The Labute approximate surface area is 186 Å². The Kier molecular flexibility index (Phi) is 5.74. The summed E-state index contributed by atoms with van der Waals surface area (Å²) in [5, 5.41) is 5.33. The van der Waals surface area contributed by atoms with Crippen molar-refractivity contribution in [1.29, 1.82) is 0 Å². The summed E-state index contributed by atoms with van der Waals surface area (Å²) in [6, 6.07) is 3.60. The van der Waals surface area contributed by atoms with Crippen LogP contribution in [-0.4, -0.2) is 60.6 Å². The molecule has 31 heavy (non-hydrogen) atoms. The highest BCUT2D eigenvalue weighted by Crippen LogP contribution is 2.42. The van der Waals surface area contributed by atoms with Gasteiger partial charge in [0.2, 0.25) is 15.9 Å². The third-order valence-corrected chi connectivity index (χ3v) is 8.52. The van der Waals surface area contributed by atoms with Crippen molar-refractivity contribution in [3.8, 4) is 0 Å². The minimum Gasteiger partial charge on any atom is -0.324 e. The molecule has 0 radical (unpaired) electrons. The zero-order chi connectivity index (χ0) is 22.4. The molecule has 0 bridgehead atoms. The van der Waals surface area contributed by atoms with Crippen LogP contribution >= 0.6 is 11.6 Å². The second-order valence-corrected chi connectivity index (χ2v) is 10.8. The van der Waals surface area contributed by atoms with Gasteiger partial charge in [-0.3, -0.25) is 14.5 Å². The maximum atomic E-state index is 13.0. The number of sulfonamides is 1. The number of imide groups is 1. The fourth-order valence-corrected chi connectivity index (χ4v) is 6.18. The molecule has 9 nitrogen and oxygen atoms in total. The average molecular weight is 469 g/mol. The van der Waals surface area contributed by atoms with Crippen molar-refractivity contribution in [3.05, 3.63) is 23.2 Å². The summed E-state index contributed by atoms with van der Waals surface area (Å²) >= 11 is 6.15. The van der Waals surface area contributed by atoms with Crippen LogP contribution in [0.2, 0.25) is 5.02 Å². The lowest BCUT2D eigenvalue weighted by molar-refractivity contribution is -0.134. The molecule has 2 aliphatic heterocycles. The van der Waals surface area contributed by atoms with Crippen LogP contribution in [0, 0.1) is 5.92 Å². The van der Waals surface area contributed by atoms with Gasteiger partial charge in [-0.25, -0.2) is 13.2 Å². The molecule has 1 unspecified atom stereocenters. The van der Waals surface area contributed by atoms with Crippen LogP contribution in [-0.2, 0) is 19.6 Å². The van der Waals surface area contributed by atoms with E-state index >= 15 is 0 Å². The molecule has 1 aliphatic carbocycles. The number of hydrogen-bond donors (Lipinski definition) is 2. The highest BCUT2D eigenvalue weighted by Gasteiger charge is 2.56. The number of benzene rings is 1. The first-order valence-corrected chi connectivity index (χ1v) is 12.2. The normalized spacial score (nSPS) is 24.9. The zero-order valence-corrected chi connectivity index (χ0v) is 18.8.